The zero-order chi connectivity index (χ0) is 21.7. The van der Waals surface area contributed by atoms with Crippen LogP contribution in [0.1, 0.15) is 49.2 Å². The molecule has 6 heteroatoms. The summed E-state index contributed by atoms with van der Waals surface area (Å²) in [6.45, 7) is 7.27. The van der Waals surface area contributed by atoms with Crippen molar-refractivity contribution in [2.75, 3.05) is 20.3 Å². The van der Waals surface area contributed by atoms with Gasteiger partial charge in [0, 0.05) is 23.4 Å². The number of ketones is 1. The third-order valence-corrected chi connectivity index (χ3v) is 5.48. The van der Waals surface area contributed by atoms with E-state index in [9.17, 15) is 4.79 Å². The molecule has 1 unspecified atom stereocenters. The highest BCUT2D eigenvalue weighted by atomic mass is 32.1. The second-order valence-corrected chi connectivity index (χ2v) is 7.46. The molecule has 0 saturated heterocycles. The van der Waals surface area contributed by atoms with Crippen molar-refractivity contribution in [2.24, 2.45) is 0 Å². The van der Waals surface area contributed by atoms with E-state index >= 15 is 0 Å². The van der Waals surface area contributed by atoms with Crippen LogP contribution < -0.4 is 14.8 Å². The maximum atomic E-state index is 13.6. The van der Waals surface area contributed by atoms with Gasteiger partial charge in [0.2, 0.25) is 0 Å². The number of thiocarbonyl (C=S) groups is 1. The van der Waals surface area contributed by atoms with Crippen molar-refractivity contribution in [3.05, 3.63) is 70.9 Å². The molecule has 0 spiro atoms. The number of Topliss-reactive ketones (excluding diaryl/α,β-unsaturated/α-hetero) is 1. The van der Waals surface area contributed by atoms with E-state index < -0.39 is 0 Å². The summed E-state index contributed by atoms with van der Waals surface area (Å²) in [6, 6.07) is 14.7. The monoisotopic (exact) mass is 424 g/mol. The molecule has 1 heterocycles. The maximum absolute atomic E-state index is 13.6. The smallest absolute Gasteiger partial charge is 0.193 e. The lowest BCUT2D eigenvalue weighted by Crippen LogP contribution is -2.47. The molecule has 0 bridgehead atoms. The molecule has 1 N–H and O–H groups in total. The summed E-state index contributed by atoms with van der Waals surface area (Å²) in [6.07, 6.45) is 0.924. The highest BCUT2D eigenvalue weighted by Crippen LogP contribution is 2.37. The molecule has 0 fully saturated rings. The van der Waals surface area contributed by atoms with Gasteiger partial charge in [0.05, 0.1) is 19.8 Å². The van der Waals surface area contributed by atoms with Crippen molar-refractivity contribution in [2.45, 2.75) is 33.2 Å². The number of ether oxygens (including phenoxy) is 2. The highest BCUT2D eigenvalue weighted by Gasteiger charge is 2.34. The Bertz CT molecular complexity index is 956. The molecule has 1 aliphatic heterocycles. The summed E-state index contributed by atoms with van der Waals surface area (Å²) in [4.78, 5) is 15.6. The lowest BCUT2D eigenvalue weighted by atomic mass is 9.89. The molecule has 0 aromatic heterocycles. The average Bonchev–Trinajstić information content (AvgIpc) is 2.76. The van der Waals surface area contributed by atoms with Gasteiger partial charge in [-0.1, -0.05) is 43.3 Å². The number of rotatable bonds is 8. The Kier molecular flexibility index (Phi) is 7.11. The topological polar surface area (TPSA) is 50.8 Å². The van der Waals surface area contributed by atoms with Gasteiger partial charge in [0.1, 0.15) is 0 Å². The first-order chi connectivity index (χ1) is 14.5. The summed E-state index contributed by atoms with van der Waals surface area (Å²) in [7, 11) is 1.61. The van der Waals surface area contributed by atoms with E-state index in [1.807, 2.05) is 67.3 Å². The molecule has 0 radical (unpaired) electrons. The quantitative estimate of drug-likeness (QED) is 0.481. The molecule has 0 saturated carbocycles. The fourth-order valence-electron chi connectivity index (χ4n) is 3.70. The zero-order valence-corrected chi connectivity index (χ0v) is 18.7. The molecule has 158 valence electrons. The first-order valence-corrected chi connectivity index (χ1v) is 10.6. The molecule has 0 amide bonds. The second-order valence-electron chi connectivity index (χ2n) is 7.07. The van der Waals surface area contributed by atoms with Gasteiger partial charge in [-0.25, -0.2) is 0 Å². The lowest BCUT2D eigenvalue weighted by molar-refractivity contribution is 0.102. The Morgan fingerprint density at radius 1 is 1.13 bits per heavy atom. The largest absolute Gasteiger partial charge is 0.493 e. The van der Waals surface area contributed by atoms with Crippen LogP contribution in [-0.2, 0) is 0 Å². The van der Waals surface area contributed by atoms with Crippen LogP contribution in [0.15, 0.2) is 59.8 Å². The third-order valence-electron chi connectivity index (χ3n) is 5.14. The normalized spacial score (nSPS) is 16.3. The predicted molar refractivity (Wildman–Crippen MR) is 123 cm³/mol. The number of nitrogens with one attached hydrogen (secondary N) is 1. The number of carbonyl (C=O) groups excluding carboxylic acids is 1. The summed E-state index contributed by atoms with van der Waals surface area (Å²) in [5.74, 6) is 1.29. The van der Waals surface area contributed by atoms with Crippen LogP contribution >= 0.6 is 12.2 Å². The molecule has 1 atom stereocenters. The minimum Gasteiger partial charge on any atom is -0.493 e. The fraction of sp³-hybridized carbons (Fsp3) is 0.333. The number of benzene rings is 2. The van der Waals surface area contributed by atoms with E-state index in [-0.39, 0.29) is 11.8 Å². The molecule has 1 aliphatic rings. The van der Waals surface area contributed by atoms with Crippen LogP contribution in [0.3, 0.4) is 0 Å². The van der Waals surface area contributed by atoms with Crippen molar-refractivity contribution < 1.29 is 14.3 Å². The first kappa shape index (κ1) is 21.8. The predicted octanol–water partition coefficient (Wildman–Crippen LogP) is 4.89. The van der Waals surface area contributed by atoms with Crippen molar-refractivity contribution >= 4 is 23.1 Å². The Morgan fingerprint density at radius 2 is 1.87 bits per heavy atom. The van der Waals surface area contributed by atoms with Crippen LogP contribution in [0, 0.1) is 0 Å². The number of hydrogen-bond donors (Lipinski definition) is 1. The minimum atomic E-state index is -0.372. The molecular formula is C24H28N2O3S. The van der Waals surface area contributed by atoms with Gasteiger partial charge in [-0.05, 0) is 50.2 Å². The summed E-state index contributed by atoms with van der Waals surface area (Å²) in [5, 5.41) is 4.01. The van der Waals surface area contributed by atoms with Crippen LogP contribution in [0.5, 0.6) is 11.5 Å². The number of nitrogens with zero attached hydrogens (tertiary/aromatic N) is 1. The fourth-order valence-corrected chi connectivity index (χ4v) is 4.05. The van der Waals surface area contributed by atoms with Gasteiger partial charge in [0.15, 0.2) is 22.4 Å². The van der Waals surface area contributed by atoms with Gasteiger partial charge in [-0.3, -0.25) is 4.79 Å². The van der Waals surface area contributed by atoms with E-state index in [0.29, 0.717) is 34.4 Å². The Morgan fingerprint density at radius 3 is 2.50 bits per heavy atom. The molecule has 2 aromatic carbocycles. The van der Waals surface area contributed by atoms with Gasteiger partial charge in [0.25, 0.3) is 0 Å². The van der Waals surface area contributed by atoms with Crippen LogP contribution in [0.4, 0.5) is 0 Å². The van der Waals surface area contributed by atoms with E-state index in [2.05, 4.69) is 12.2 Å². The maximum Gasteiger partial charge on any atom is 0.193 e. The second kappa shape index (κ2) is 9.76. The average molecular weight is 425 g/mol. The number of carbonyl (C=O) groups is 1. The van der Waals surface area contributed by atoms with Crippen molar-refractivity contribution in [1.82, 2.24) is 10.2 Å². The molecule has 2 aromatic rings. The van der Waals surface area contributed by atoms with Crippen molar-refractivity contribution in [3.8, 4) is 11.5 Å². The van der Waals surface area contributed by atoms with Gasteiger partial charge in [-0.15, -0.1) is 0 Å². The summed E-state index contributed by atoms with van der Waals surface area (Å²) >= 11 is 5.65. The number of allylic oxidation sites excluding steroid dienone is 1. The van der Waals surface area contributed by atoms with E-state index in [0.717, 1.165) is 24.2 Å². The Labute approximate surface area is 183 Å². The SMILES string of the molecule is CCCN1C(=S)NC(c2ccc(OC)c(OCC)c2)C(C(=O)c2ccccc2)=C1C. The van der Waals surface area contributed by atoms with E-state index in [1.54, 1.807) is 7.11 Å². The third kappa shape index (κ3) is 4.33. The van der Waals surface area contributed by atoms with Crippen molar-refractivity contribution in [1.29, 1.82) is 0 Å². The summed E-state index contributed by atoms with van der Waals surface area (Å²) < 4.78 is 11.2. The van der Waals surface area contributed by atoms with Gasteiger partial charge < -0.3 is 19.7 Å². The van der Waals surface area contributed by atoms with Crippen LogP contribution in [-0.4, -0.2) is 36.1 Å². The molecule has 5 nitrogen and oxygen atoms in total. The molecule has 3 rings (SSSR count). The number of hydrogen-bond acceptors (Lipinski definition) is 4. The Hall–Kier alpha value is -2.86. The minimum absolute atomic E-state index is 0.0111. The first-order valence-electron chi connectivity index (χ1n) is 10.2. The molecule has 30 heavy (non-hydrogen) atoms. The Balaban J connectivity index is 2.13. The highest BCUT2D eigenvalue weighted by molar-refractivity contribution is 7.80. The standard InChI is InChI=1S/C24H28N2O3S/c1-5-14-26-16(3)21(23(27)17-10-8-7-9-11-17)22(25-24(26)30)18-12-13-19(28-4)20(15-18)29-6-2/h7-13,15,22H,5-6,14H2,1-4H3,(H,25,30). The summed E-state index contributed by atoms with van der Waals surface area (Å²) in [5.41, 5.74) is 3.13. The van der Waals surface area contributed by atoms with Crippen LogP contribution in [0.2, 0.25) is 0 Å². The zero-order valence-electron chi connectivity index (χ0n) is 17.9. The van der Waals surface area contributed by atoms with E-state index in [4.69, 9.17) is 21.7 Å². The van der Waals surface area contributed by atoms with Gasteiger partial charge in [-0.2, -0.15) is 0 Å². The van der Waals surface area contributed by atoms with E-state index in [1.165, 1.54) is 0 Å². The van der Waals surface area contributed by atoms with Gasteiger partial charge >= 0.3 is 0 Å². The van der Waals surface area contributed by atoms with Crippen LogP contribution in [0.25, 0.3) is 0 Å². The molecular weight excluding hydrogens is 396 g/mol. The molecule has 0 aliphatic carbocycles. The van der Waals surface area contributed by atoms with Crippen molar-refractivity contribution in [3.63, 3.8) is 0 Å². The number of methoxy groups -OCH3 is 1. The lowest BCUT2D eigenvalue weighted by Gasteiger charge is -2.38.